The summed E-state index contributed by atoms with van der Waals surface area (Å²) in [4.78, 5) is 31.1. The lowest BCUT2D eigenvalue weighted by Crippen LogP contribution is -2.48. The summed E-state index contributed by atoms with van der Waals surface area (Å²) < 4.78 is 30.7. The maximum absolute atomic E-state index is 14.5. The Morgan fingerprint density at radius 1 is 0.974 bits per heavy atom. The average Bonchev–Trinajstić information content (AvgIpc) is 3.25. The number of amides is 1. The van der Waals surface area contributed by atoms with Crippen molar-refractivity contribution < 1.29 is 18.7 Å². The van der Waals surface area contributed by atoms with Gasteiger partial charge >= 0.3 is 11.8 Å². The second-order valence-corrected chi connectivity index (χ2v) is 9.81. The van der Waals surface area contributed by atoms with E-state index in [2.05, 4.69) is 4.98 Å². The van der Waals surface area contributed by atoms with E-state index in [9.17, 15) is 23.5 Å². The quantitative estimate of drug-likeness (QED) is 0.327. The molecule has 2 N–H and O–H groups in total. The minimum absolute atomic E-state index is 0.00890. The molecule has 4 aromatic rings. The summed E-state index contributed by atoms with van der Waals surface area (Å²) in [6.07, 6.45) is 0.456. The van der Waals surface area contributed by atoms with Crippen LogP contribution in [0.15, 0.2) is 77.6 Å². The van der Waals surface area contributed by atoms with E-state index in [0.717, 1.165) is 16.6 Å². The van der Waals surface area contributed by atoms with E-state index < -0.39 is 17.7 Å². The van der Waals surface area contributed by atoms with Gasteiger partial charge < -0.3 is 15.0 Å². The Labute approximate surface area is 218 Å². The van der Waals surface area contributed by atoms with Crippen LogP contribution < -0.4 is 5.69 Å². The van der Waals surface area contributed by atoms with Crippen LogP contribution in [-0.4, -0.2) is 49.7 Å². The molecule has 9 heteroatoms. The fraction of sp³-hybridized carbons (Fsp3) is 0.310. The van der Waals surface area contributed by atoms with Crippen LogP contribution in [0.25, 0.3) is 11.0 Å². The normalized spacial score (nSPS) is 17.8. The molecule has 0 saturated carbocycles. The number of halogens is 2. The van der Waals surface area contributed by atoms with Crippen molar-refractivity contribution in [3.05, 3.63) is 106 Å². The highest BCUT2D eigenvalue weighted by Crippen LogP contribution is 2.31. The summed E-state index contributed by atoms with van der Waals surface area (Å²) in [5.41, 5.74) is 2.32. The zero-order chi connectivity index (χ0) is 26.6. The molecule has 1 aromatic heterocycles. The first-order chi connectivity index (χ1) is 18.4. The Hall–Kier alpha value is -3.98. The van der Waals surface area contributed by atoms with Crippen molar-refractivity contribution in [2.45, 2.75) is 44.4 Å². The van der Waals surface area contributed by atoms with E-state index in [-0.39, 0.29) is 29.9 Å². The minimum atomic E-state index is -1.01. The number of likely N-dealkylation sites (tertiary alicyclic amines) is 1. The number of nitrogens with one attached hydrogen (secondary N) is 1. The van der Waals surface area contributed by atoms with E-state index in [0.29, 0.717) is 38.9 Å². The van der Waals surface area contributed by atoms with E-state index in [1.54, 1.807) is 4.57 Å². The molecule has 2 unspecified atom stereocenters. The van der Waals surface area contributed by atoms with E-state index in [1.165, 1.54) is 23.1 Å². The molecule has 0 bridgehead atoms. The number of fused-ring (bicyclic) bond motifs is 1. The second-order valence-electron chi connectivity index (χ2n) is 9.81. The van der Waals surface area contributed by atoms with Gasteiger partial charge in [0.25, 0.3) is 0 Å². The summed E-state index contributed by atoms with van der Waals surface area (Å²) in [5.74, 6) is -1.21. The van der Waals surface area contributed by atoms with Crippen LogP contribution in [0.1, 0.15) is 36.4 Å². The lowest BCUT2D eigenvalue weighted by Gasteiger charge is -2.39. The molecule has 198 valence electrons. The maximum atomic E-state index is 14.5. The highest BCUT2D eigenvalue weighted by Gasteiger charge is 2.34. The molecule has 38 heavy (non-hydrogen) atoms. The van der Waals surface area contributed by atoms with Crippen molar-refractivity contribution in [1.82, 2.24) is 19.4 Å². The lowest BCUT2D eigenvalue weighted by molar-refractivity contribution is 0.0810. The number of carboxylic acid groups (broad SMARTS) is 1. The van der Waals surface area contributed by atoms with Gasteiger partial charge in [0.1, 0.15) is 11.6 Å². The first-order valence-electron chi connectivity index (χ1n) is 12.8. The number of benzene rings is 3. The fourth-order valence-electron chi connectivity index (χ4n) is 5.52. The van der Waals surface area contributed by atoms with Gasteiger partial charge in [-0.2, -0.15) is 0 Å². The summed E-state index contributed by atoms with van der Waals surface area (Å²) in [5, 5.41) is 9.90. The SMILES string of the molecule is O=C(O)N1CCC(n2c(=O)[nH]c3ccccc32)CC1CCN(Cc1ccccc1)Cc1c(F)cccc1F. The molecule has 1 amide bonds. The third-order valence-electron chi connectivity index (χ3n) is 7.39. The smallest absolute Gasteiger partial charge is 0.407 e. The van der Waals surface area contributed by atoms with Crippen LogP contribution in [0.5, 0.6) is 0 Å². The first-order valence-corrected chi connectivity index (χ1v) is 12.8. The fourth-order valence-corrected chi connectivity index (χ4v) is 5.52. The van der Waals surface area contributed by atoms with Crippen LogP contribution in [-0.2, 0) is 13.1 Å². The molecule has 2 heterocycles. The van der Waals surface area contributed by atoms with E-state index in [4.69, 9.17) is 0 Å². The van der Waals surface area contributed by atoms with Crippen molar-refractivity contribution in [3.8, 4) is 0 Å². The Bertz CT molecular complexity index is 1450. The number of para-hydroxylation sites is 2. The Kier molecular flexibility index (Phi) is 7.55. The molecular formula is C29H30F2N4O3. The van der Waals surface area contributed by atoms with Gasteiger partial charge in [0.15, 0.2) is 0 Å². The molecule has 7 nitrogen and oxygen atoms in total. The van der Waals surface area contributed by atoms with Crippen LogP contribution in [0.2, 0.25) is 0 Å². The zero-order valence-corrected chi connectivity index (χ0v) is 20.9. The van der Waals surface area contributed by atoms with Gasteiger partial charge in [-0.3, -0.25) is 9.47 Å². The molecule has 1 saturated heterocycles. The molecule has 3 aromatic carbocycles. The van der Waals surface area contributed by atoms with Gasteiger partial charge in [0.2, 0.25) is 0 Å². The molecule has 2 atom stereocenters. The number of imidazole rings is 1. The second kappa shape index (κ2) is 11.2. The maximum Gasteiger partial charge on any atom is 0.407 e. The van der Waals surface area contributed by atoms with Gasteiger partial charge in [0.05, 0.1) is 11.0 Å². The monoisotopic (exact) mass is 520 g/mol. The molecule has 1 aliphatic rings. The van der Waals surface area contributed by atoms with Gasteiger partial charge in [-0.05, 0) is 49.1 Å². The first kappa shape index (κ1) is 25.7. The zero-order valence-electron chi connectivity index (χ0n) is 20.9. The third-order valence-corrected chi connectivity index (χ3v) is 7.39. The van der Waals surface area contributed by atoms with Gasteiger partial charge in [0, 0.05) is 43.8 Å². The third kappa shape index (κ3) is 5.47. The molecular weight excluding hydrogens is 490 g/mol. The topological polar surface area (TPSA) is 81.6 Å². The molecule has 1 aliphatic heterocycles. The molecule has 0 aliphatic carbocycles. The number of rotatable bonds is 8. The molecule has 0 spiro atoms. The summed E-state index contributed by atoms with van der Waals surface area (Å²) in [7, 11) is 0. The molecule has 5 rings (SSSR count). The summed E-state index contributed by atoms with van der Waals surface area (Å²) in [6.45, 7) is 1.24. The van der Waals surface area contributed by atoms with Crippen LogP contribution in [0, 0.1) is 11.6 Å². The van der Waals surface area contributed by atoms with Crippen LogP contribution >= 0.6 is 0 Å². The predicted octanol–water partition coefficient (Wildman–Crippen LogP) is 5.38. The number of piperidine rings is 1. The van der Waals surface area contributed by atoms with Gasteiger partial charge in [-0.25, -0.2) is 18.4 Å². The summed E-state index contributed by atoms with van der Waals surface area (Å²) in [6, 6.07) is 20.4. The number of hydrogen-bond acceptors (Lipinski definition) is 3. The summed E-state index contributed by atoms with van der Waals surface area (Å²) >= 11 is 0. The number of nitrogens with zero attached hydrogens (tertiary/aromatic N) is 3. The standard InChI is InChI=1S/C29H30F2N4O3/c30-24-9-6-10-25(31)23(24)19-33(18-20-7-2-1-3-8-20)15-13-21-17-22(14-16-34(21)29(37)38)35-27-12-5-4-11-26(27)32-28(35)36/h1-12,21-22H,13-19H2,(H,32,36)(H,37,38). The minimum Gasteiger partial charge on any atom is -0.465 e. The van der Waals surface area contributed by atoms with Crippen molar-refractivity contribution in [2.24, 2.45) is 0 Å². The number of hydrogen-bond donors (Lipinski definition) is 2. The van der Waals surface area contributed by atoms with Crippen LogP contribution in [0.3, 0.4) is 0 Å². The van der Waals surface area contributed by atoms with Crippen LogP contribution in [0.4, 0.5) is 13.6 Å². The highest BCUT2D eigenvalue weighted by molar-refractivity contribution is 5.75. The molecule has 1 fully saturated rings. The van der Waals surface area contributed by atoms with Crippen molar-refractivity contribution in [3.63, 3.8) is 0 Å². The Morgan fingerprint density at radius 2 is 1.68 bits per heavy atom. The average molecular weight is 521 g/mol. The van der Waals surface area contributed by atoms with Crippen molar-refractivity contribution >= 4 is 17.1 Å². The number of aromatic nitrogens is 2. The van der Waals surface area contributed by atoms with E-state index in [1.807, 2.05) is 59.5 Å². The molecule has 0 radical (unpaired) electrons. The van der Waals surface area contributed by atoms with Gasteiger partial charge in [-0.15, -0.1) is 0 Å². The number of aromatic amines is 1. The predicted molar refractivity (Wildman–Crippen MR) is 141 cm³/mol. The Morgan fingerprint density at radius 3 is 2.42 bits per heavy atom. The Balaban J connectivity index is 1.38. The van der Waals surface area contributed by atoms with E-state index >= 15 is 0 Å². The van der Waals surface area contributed by atoms with Gasteiger partial charge in [-0.1, -0.05) is 48.5 Å². The number of H-pyrrole nitrogens is 1. The number of carbonyl (C=O) groups is 1. The highest BCUT2D eigenvalue weighted by atomic mass is 19.1. The lowest BCUT2D eigenvalue weighted by atomic mass is 9.94. The van der Waals surface area contributed by atoms with Crippen molar-refractivity contribution in [2.75, 3.05) is 13.1 Å². The largest absolute Gasteiger partial charge is 0.465 e. The van der Waals surface area contributed by atoms with Crippen molar-refractivity contribution in [1.29, 1.82) is 0 Å².